The lowest BCUT2D eigenvalue weighted by Gasteiger charge is -2.21. The summed E-state index contributed by atoms with van der Waals surface area (Å²) in [5.74, 6) is -0.913. The fourth-order valence-corrected chi connectivity index (χ4v) is 5.37. The summed E-state index contributed by atoms with van der Waals surface area (Å²) in [6.45, 7) is 5.77. The molecule has 0 radical (unpaired) electrons. The minimum atomic E-state index is -3.97. The van der Waals surface area contributed by atoms with Crippen molar-refractivity contribution in [3.8, 4) is 0 Å². The van der Waals surface area contributed by atoms with E-state index in [4.69, 9.17) is 23.2 Å². The lowest BCUT2D eigenvalue weighted by Crippen LogP contribution is -2.36. The van der Waals surface area contributed by atoms with Crippen molar-refractivity contribution in [2.24, 2.45) is 0 Å². The van der Waals surface area contributed by atoms with Crippen molar-refractivity contribution in [2.45, 2.75) is 38.3 Å². The first-order valence-electron chi connectivity index (χ1n) is 9.04. The van der Waals surface area contributed by atoms with Crippen LogP contribution >= 0.6 is 23.2 Å². The molecule has 1 aliphatic rings. The summed E-state index contributed by atoms with van der Waals surface area (Å²) in [4.78, 5) is 26.9. The predicted octanol–water partition coefficient (Wildman–Crippen LogP) is 4.21. The lowest BCUT2D eigenvalue weighted by molar-refractivity contribution is 0.0751. The van der Waals surface area contributed by atoms with Gasteiger partial charge in [0.2, 0.25) is 0 Å². The zero-order chi connectivity index (χ0) is 21.5. The average Bonchev–Trinajstić information content (AvgIpc) is 2.87. The SMILES string of the molecule is CCN(Cc1ccc(Cl)c(Cl)c1)C(=O)c1ccc2c(c1)S(=O)(=O)N(C(C)C)C2=O. The summed E-state index contributed by atoms with van der Waals surface area (Å²) in [6, 6.07) is 8.77. The summed E-state index contributed by atoms with van der Waals surface area (Å²) < 4.78 is 26.4. The number of sulfonamides is 1. The third-order valence-electron chi connectivity index (χ3n) is 4.69. The molecule has 0 aliphatic carbocycles. The van der Waals surface area contributed by atoms with Crippen LogP contribution in [0.25, 0.3) is 0 Å². The number of amides is 2. The number of benzene rings is 2. The van der Waals surface area contributed by atoms with Crippen molar-refractivity contribution >= 4 is 45.0 Å². The van der Waals surface area contributed by atoms with Crippen molar-refractivity contribution in [1.29, 1.82) is 0 Å². The number of carbonyl (C=O) groups excluding carboxylic acids is 2. The third kappa shape index (κ3) is 3.86. The minimum absolute atomic E-state index is 0.0859. The highest BCUT2D eigenvalue weighted by molar-refractivity contribution is 7.90. The van der Waals surface area contributed by atoms with Crippen molar-refractivity contribution in [3.05, 3.63) is 63.1 Å². The Labute approximate surface area is 180 Å². The number of nitrogens with zero attached hydrogens (tertiary/aromatic N) is 2. The maximum Gasteiger partial charge on any atom is 0.269 e. The molecule has 0 atom stereocenters. The van der Waals surface area contributed by atoms with Crippen LogP contribution in [0.15, 0.2) is 41.3 Å². The molecule has 154 valence electrons. The zero-order valence-corrected chi connectivity index (χ0v) is 18.5. The number of rotatable bonds is 5. The highest BCUT2D eigenvalue weighted by atomic mass is 35.5. The summed E-state index contributed by atoms with van der Waals surface area (Å²) in [5.41, 5.74) is 1.08. The summed E-state index contributed by atoms with van der Waals surface area (Å²) in [6.07, 6.45) is 0. The number of carbonyl (C=O) groups is 2. The molecule has 6 nitrogen and oxygen atoms in total. The molecule has 0 saturated heterocycles. The van der Waals surface area contributed by atoms with Crippen molar-refractivity contribution in [3.63, 3.8) is 0 Å². The van der Waals surface area contributed by atoms with E-state index in [2.05, 4.69) is 0 Å². The highest BCUT2D eigenvalue weighted by Crippen LogP contribution is 2.33. The monoisotopic (exact) mass is 454 g/mol. The molecular weight excluding hydrogens is 435 g/mol. The van der Waals surface area contributed by atoms with Gasteiger partial charge in [-0.15, -0.1) is 0 Å². The molecule has 0 bridgehead atoms. The van der Waals surface area contributed by atoms with Crippen LogP contribution in [0.5, 0.6) is 0 Å². The van der Waals surface area contributed by atoms with E-state index in [1.807, 2.05) is 6.92 Å². The van der Waals surface area contributed by atoms with Crippen LogP contribution in [0.4, 0.5) is 0 Å². The van der Waals surface area contributed by atoms with Crippen molar-refractivity contribution < 1.29 is 18.0 Å². The molecule has 0 fully saturated rings. The fraction of sp³-hybridized carbons (Fsp3) is 0.300. The second-order valence-electron chi connectivity index (χ2n) is 6.98. The van der Waals surface area contributed by atoms with Gasteiger partial charge in [-0.25, -0.2) is 12.7 Å². The van der Waals surface area contributed by atoms with E-state index in [0.717, 1.165) is 9.87 Å². The van der Waals surface area contributed by atoms with Crippen LogP contribution in [0.3, 0.4) is 0 Å². The van der Waals surface area contributed by atoms with Crippen LogP contribution in [0, 0.1) is 0 Å². The van der Waals surface area contributed by atoms with Gasteiger partial charge in [-0.1, -0.05) is 29.3 Å². The van der Waals surface area contributed by atoms with Crippen LogP contribution in [-0.4, -0.2) is 42.0 Å². The molecule has 2 amide bonds. The summed E-state index contributed by atoms with van der Waals surface area (Å²) in [7, 11) is -3.97. The topological polar surface area (TPSA) is 74.8 Å². The Morgan fingerprint density at radius 1 is 1.10 bits per heavy atom. The molecule has 2 aromatic rings. The maximum absolute atomic E-state index is 13.0. The number of hydrogen-bond acceptors (Lipinski definition) is 4. The van der Waals surface area contributed by atoms with Gasteiger partial charge in [-0.2, -0.15) is 0 Å². The molecule has 0 aromatic heterocycles. The van der Waals surface area contributed by atoms with Gasteiger partial charge in [-0.05, 0) is 56.7 Å². The quantitative estimate of drug-likeness (QED) is 0.677. The molecule has 1 aliphatic heterocycles. The van der Waals surface area contributed by atoms with Crippen LogP contribution < -0.4 is 0 Å². The first-order valence-corrected chi connectivity index (χ1v) is 11.2. The second-order valence-corrected chi connectivity index (χ2v) is 9.58. The fourth-order valence-electron chi connectivity index (χ4n) is 3.26. The summed E-state index contributed by atoms with van der Waals surface area (Å²) >= 11 is 12.0. The summed E-state index contributed by atoms with van der Waals surface area (Å²) in [5, 5.41) is 0.816. The third-order valence-corrected chi connectivity index (χ3v) is 7.43. The molecule has 0 N–H and O–H groups in total. The maximum atomic E-state index is 13.0. The van der Waals surface area contributed by atoms with E-state index >= 15 is 0 Å². The molecule has 2 aromatic carbocycles. The molecule has 0 spiro atoms. The van der Waals surface area contributed by atoms with E-state index in [1.165, 1.54) is 18.2 Å². The number of fused-ring (bicyclic) bond motifs is 1. The minimum Gasteiger partial charge on any atom is -0.335 e. The van der Waals surface area contributed by atoms with Crippen LogP contribution in [0.2, 0.25) is 10.0 Å². The number of halogens is 2. The molecule has 9 heteroatoms. The largest absolute Gasteiger partial charge is 0.335 e. The van der Waals surface area contributed by atoms with E-state index in [9.17, 15) is 18.0 Å². The van der Waals surface area contributed by atoms with Gasteiger partial charge in [-0.3, -0.25) is 9.59 Å². The van der Waals surface area contributed by atoms with E-state index in [1.54, 1.807) is 36.9 Å². The Morgan fingerprint density at radius 3 is 2.38 bits per heavy atom. The highest BCUT2D eigenvalue weighted by Gasteiger charge is 2.43. The molecule has 1 heterocycles. The van der Waals surface area contributed by atoms with E-state index < -0.39 is 22.0 Å². The van der Waals surface area contributed by atoms with Gasteiger partial charge in [0.25, 0.3) is 21.8 Å². The van der Waals surface area contributed by atoms with Gasteiger partial charge < -0.3 is 4.90 Å². The Kier molecular flexibility index (Phi) is 5.94. The first kappa shape index (κ1) is 21.6. The molecule has 0 saturated carbocycles. The average molecular weight is 455 g/mol. The predicted molar refractivity (Wildman–Crippen MR) is 112 cm³/mol. The van der Waals surface area contributed by atoms with Gasteiger partial charge in [0.1, 0.15) is 4.90 Å². The smallest absolute Gasteiger partial charge is 0.269 e. The van der Waals surface area contributed by atoms with Crippen LogP contribution in [-0.2, 0) is 16.6 Å². The normalized spacial score (nSPS) is 15.0. The molecule has 29 heavy (non-hydrogen) atoms. The Bertz CT molecular complexity index is 1100. The molecule has 0 unspecified atom stereocenters. The molecule has 3 rings (SSSR count). The van der Waals surface area contributed by atoms with Gasteiger partial charge >= 0.3 is 0 Å². The van der Waals surface area contributed by atoms with Gasteiger partial charge in [0.15, 0.2) is 0 Å². The van der Waals surface area contributed by atoms with Crippen molar-refractivity contribution in [1.82, 2.24) is 9.21 Å². The lowest BCUT2D eigenvalue weighted by atomic mass is 10.1. The Balaban J connectivity index is 1.93. The van der Waals surface area contributed by atoms with Crippen LogP contribution in [0.1, 0.15) is 47.1 Å². The zero-order valence-electron chi connectivity index (χ0n) is 16.1. The Morgan fingerprint density at radius 2 is 1.79 bits per heavy atom. The van der Waals surface area contributed by atoms with E-state index in [0.29, 0.717) is 16.6 Å². The van der Waals surface area contributed by atoms with Gasteiger partial charge in [0, 0.05) is 24.7 Å². The number of hydrogen-bond donors (Lipinski definition) is 0. The first-order chi connectivity index (χ1) is 13.6. The standard InChI is InChI=1S/C20H20Cl2N2O4S/c1-4-23(11-13-5-8-16(21)17(22)9-13)19(25)14-6-7-15-18(10-14)29(27,28)24(12(2)3)20(15)26/h5-10,12H,4,11H2,1-3H3. The second kappa shape index (κ2) is 7.97. The van der Waals surface area contributed by atoms with Gasteiger partial charge in [0.05, 0.1) is 15.6 Å². The Hall–Kier alpha value is -2.09. The van der Waals surface area contributed by atoms with E-state index in [-0.39, 0.29) is 28.5 Å². The van der Waals surface area contributed by atoms with Crippen molar-refractivity contribution in [2.75, 3.05) is 6.54 Å². The molecular formula is C20H20Cl2N2O4S.